The Morgan fingerprint density at radius 2 is 0.737 bits per heavy atom. The molecule has 0 aliphatic heterocycles. The Morgan fingerprint density at radius 3 is 1.00 bits per heavy atom. The zero-order valence-electron chi connectivity index (χ0n) is 26.2. The molecule has 228 valence electrons. The van der Waals surface area contributed by atoms with Crippen molar-refractivity contribution in [2.45, 2.75) is 132 Å². The molecule has 0 fully saturated rings. The predicted octanol–water partition coefficient (Wildman–Crippen LogP) is 7.83. The molecular formula is C29H62O7Si2. The number of unbranched alkanes of at least 4 members (excludes halogenated alkanes) is 6. The van der Waals surface area contributed by atoms with Gasteiger partial charge in [-0.15, -0.1) is 0 Å². The SMILES string of the molecule is CCO[Si](CCCCCCC(C)C(=O)C(C)CCCCCC[Si](OCC)(OCC)OCC)(OCC)OCC. The molecule has 0 aromatic heterocycles. The molecule has 0 aliphatic carbocycles. The summed E-state index contributed by atoms with van der Waals surface area (Å²) in [6.07, 6.45) is 10.8. The quantitative estimate of drug-likeness (QED) is 0.0692. The van der Waals surface area contributed by atoms with Gasteiger partial charge in [0.1, 0.15) is 5.78 Å². The first kappa shape index (κ1) is 37.9. The molecule has 0 radical (unpaired) electrons. The minimum atomic E-state index is -2.52. The molecule has 0 heterocycles. The average molecular weight is 579 g/mol. The lowest BCUT2D eigenvalue weighted by Gasteiger charge is -2.28. The van der Waals surface area contributed by atoms with E-state index in [1.54, 1.807) is 0 Å². The number of carbonyl (C=O) groups excluding carboxylic acids is 1. The van der Waals surface area contributed by atoms with Gasteiger partial charge in [0.15, 0.2) is 0 Å². The van der Waals surface area contributed by atoms with Crippen molar-refractivity contribution in [1.82, 2.24) is 0 Å². The summed E-state index contributed by atoms with van der Waals surface area (Å²) in [5.41, 5.74) is 0. The van der Waals surface area contributed by atoms with Gasteiger partial charge in [-0.05, 0) is 67.2 Å². The first-order valence-corrected chi connectivity index (χ1v) is 19.5. The third kappa shape index (κ3) is 16.2. The lowest BCUT2D eigenvalue weighted by molar-refractivity contribution is -0.126. The minimum absolute atomic E-state index is 0.143. The van der Waals surface area contributed by atoms with Crippen LogP contribution in [-0.4, -0.2) is 63.0 Å². The van der Waals surface area contributed by atoms with Gasteiger partial charge in [-0.2, -0.15) is 0 Å². The lowest BCUT2D eigenvalue weighted by Crippen LogP contribution is -2.45. The highest BCUT2D eigenvalue weighted by atomic mass is 28.4. The minimum Gasteiger partial charge on any atom is -0.374 e. The molecule has 0 saturated carbocycles. The molecule has 2 atom stereocenters. The van der Waals surface area contributed by atoms with Crippen LogP contribution in [0, 0.1) is 11.8 Å². The Kier molecular flexibility index (Phi) is 23.5. The van der Waals surface area contributed by atoms with Gasteiger partial charge in [0.2, 0.25) is 0 Å². The van der Waals surface area contributed by atoms with E-state index in [1.807, 2.05) is 41.5 Å². The number of Topliss-reactive ketones (excluding diaryl/α,β-unsaturated/α-hetero) is 1. The predicted molar refractivity (Wildman–Crippen MR) is 160 cm³/mol. The second kappa shape index (κ2) is 23.6. The van der Waals surface area contributed by atoms with Crippen LogP contribution in [0.3, 0.4) is 0 Å². The van der Waals surface area contributed by atoms with Crippen LogP contribution in [0.2, 0.25) is 12.1 Å². The van der Waals surface area contributed by atoms with Crippen LogP contribution in [0.1, 0.15) is 120 Å². The highest BCUT2D eigenvalue weighted by Gasteiger charge is 2.40. The van der Waals surface area contributed by atoms with Crippen molar-refractivity contribution < 1.29 is 31.4 Å². The molecule has 0 saturated heterocycles. The average Bonchev–Trinajstić information content (AvgIpc) is 2.88. The molecule has 0 amide bonds. The summed E-state index contributed by atoms with van der Waals surface area (Å²) in [6.45, 7) is 20.0. The van der Waals surface area contributed by atoms with Crippen LogP contribution >= 0.6 is 0 Å². The number of hydrogen-bond acceptors (Lipinski definition) is 7. The van der Waals surface area contributed by atoms with Crippen LogP contribution in [0.5, 0.6) is 0 Å². The van der Waals surface area contributed by atoms with Crippen molar-refractivity contribution >= 4 is 23.4 Å². The molecule has 0 aromatic rings. The molecule has 0 aliphatic rings. The van der Waals surface area contributed by atoms with Gasteiger partial charge in [0, 0.05) is 63.6 Å². The number of carbonyl (C=O) groups is 1. The van der Waals surface area contributed by atoms with Crippen molar-refractivity contribution in [1.29, 1.82) is 0 Å². The van der Waals surface area contributed by atoms with E-state index in [0.29, 0.717) is 45.4 Å². The molecule has 0 bridgehead atoms. The molecule has 2 unspecified atom stereocenters. The van der Waals surface area contributed by atoms with E-state index in [4.69, 9.17) is 26.6 Å². The number of hydrogen-bond donors (Lipinski definition) is 0. The van der Waals surface area contributed by atoms with E-state index in [9.17, 15) is 4.79 Å². The fraction of sp³-hybridized carbons (Fsp3) is 0.966. The molecule has 0 aromatic carbocycles. The van der Waals surface area contributed by atoms with Crippen LogP contribution in [0.15, 0.2) is 0 Å². The molecule has 0 N–H and O–H groups in total. The normalized spacial score (nSPS) is 14.1. The van der Waals surface area contributed by atoms with Gasteiger partial charge in [-0.25, -0.2) is 0 Å². The summed E-state index contributed by atoms with van der Waals surface area (Å²) in [5.74, 6) is 0.712. The number of ketones is 1. The second-order valence-electron chi connectivity index (χ2n) is 10.1. The Balaban J connectivity index is 4.19. The maximum Gasteiger partial charge on any atom is 0.500 e. The lowest BCUT2D eigenvalue weighted by atomic mass is 9.88. The van der Waals surface area contributed by atoms with Gasteiger partial charge in [0.25, 0.3) is 0 Å². The van der Waals surface area contributed by atoms with Crippen molar-refractivity contribution in [2.75, 3.05) is 39.6 Å². The molecule has 0 rings (SSSR count). The van der Waals surface area contributed by atoms with Gasteiger partial charge in [-0.1, -0.05) is 52.4 Å². The fourth-order valence-corrected chi connectivity index (χ4v) is 10.4. The highest BCUT2D eigenvalue weighted by Crippen LogP contribution is 2.24. The van der Waals surface area contributed by atoms with E-state index >= 15 is 0 Å². The van der Waals surface area contributed by atoms with Crippen LogP contribution in [-0.2, 0) is 31.4 Å². The summed E-state index contributed by atoms with van der Waals surface area (Å²) >= 11 is 0. The summed E-state index contributed by atoms with van der Waals surface area (Å²) in [5, 5.41) is 0. The Labute approximate surface area is 237 Å². The van der Waals surface area contributed by atoms with E-state index in [-0.39, 0.29) is 11.8 Å². The molecule has 7 nitrogen and oxygen atoms in total. The maximum atomic E-state index is 12.9. The molecule has 38 heavy (non-hydrogen) atoms. The summed E-state index contributed by atoms with van der Waals surface area (Å²) < 4.78 is 35.7. The maximum absolute atomic E-state index is 12.9. The summed E-state index contributed by atoms with van der Waals surface area (Å²) in [7, 11) is -5.05. The second-order valence-corrected chi connectivity index (χ2v) is 15.5. The third-order valence-electron chi connectivity index (χ3n) is 6.90. The van der Waals surface area contributed by atoms with E-state index < -0.39 is 17.6 Å². The molecule has 9 heteroatoms. The Bertz CT molecular complexity index is 485. The Hall–Kier alpha value is -0.136. The fourth-order valence-electron chi connectivity index (χ4n) is 5.06. The van der Waals surface area contributed by atoms with Crippen LogP contribution in [0.25, 0.3) is 0 Å². The smallest absolute Gasteiger partial charge is 0.374 e. The molecule has 0 spiro atoms. The van der Waals surface area contributed by atoms with Gasteiger partial charge in [0.05, 0.1) is 0 Å². The van der Waals surface area contributed by atoms with E-state index in [1.165, 1.54) is 0 Å². The van der Waals surface area contributed by atoms with E-state index in [0.717, 1.165) is 76.3 Å². The zero-order valence-corrected chi connectivity index (χ0v) is 28.2. The Morgan fingerprint density at radius 1 is 0.474 bits per heavy atom. The monoisotopic (exact) mass is 578 g/mol. The standard InChI is InChI=1S/C29H62O7Si2/c1-9-31-37(32-10-2,33-11-3)25-21-17-15-19-23-27(7)29(30)28(8)24-20-16-18-22-26-38(34-12-4,35-13-5)36-14-6/h27-28H,9-26H2,1-8H3. The van der Waals surface area contributed by atoms with Crippen molar-refractivity contribution in [3.05, 3.63) is 0 Å². The first-order chi connectivity index (χ1) is 18.3. The summed E-state index contributed by atoms with van der Waals surface area (Å²) in [6, 6.07) is 1.75. The van der Waals surface area contributed by atoms with Crippen molar-refractivity contribution in [3.8, 4) is 0 Å². The first-order valence-electron chi connectivity index (χ1n) is 15.7. The van der Waals surface area contributed by atoms with Gasteiger partial charge >= 0.3 is 17.6 Å². The van der Waals surface area contributed by atoms with Crippen molar-refractivity contribution in [2.24, 2.45) is 11.8 Å². The number of rotatable bonds is 28. The zero-order chi connectivity index (χ0) is 28.7. The highest BCUT2D eigenvalue weighted by molar-refractivity contribution is 6.61. The third-order valence-corrected chi connectivity index (χ3v) is 13.2. The van der Waals surface area contributed by atoms with Crippen molar-refractivity contribution in [3.63, 3.8) is 0 Å². The molecular weight excluding hydrogens is 516 g/mol. The summed E-state index contributed by atoms with van der Waals surface area (Å²) in [4.78, 5) is 12.9. The van der Waals surface area contributed by atoms with Gasteiger partial charge < -0.3 is 26.6 Å². The van der Waals surface area contributed by atoms with E-state index in [2.05, 4.69) is 13.8 Å². The van der Waals surface area contributed by atoms with Crippen LogP contribution in [0.4, 0.5) is 0 Å². The van der Waals surface area contributed by atoms with Gasteiger partial charge in [-0.3, -0.25) is 4.79 Å². The van der Waals surface area contributed by atoms with Crippen LogP contribution < -0.4 is 0 Å². The largest absolute Gasteiger partial charge is 0.500 e. The topological polar surface area (TPSA) is 72.5 Å².